The van der Waals surface area contributed by atoms with Crippen molar-refractivity contribution in [2.45, 2.75) is 19.8 Å². The van der Waals surface area contributed by atoms with E-state index in [-0.39, 0.29) is 0 Å². The molecule has 2 nitrogen and oxygen atoms in total. The van der Waals surface area contributed by atoms with Gasteiger partial charge in [0.1, 0.15) is 5.15 Å². The van der Waals surface area contributed by atoms with Gasteiger partial charge in [0, 0.05) is 23.5 Å². The van der Waals surface area contributed by atoms with Gasteiger partial charge in [-0.15, -0.1) is 11.6 Å². The average molecular weight is 332 g/mol. The van der Waals surface area contributed by atoms with Crippen molar-refractivity contribution in [1.29, 1.82) is 0 Å². The summed E-state index contributed by atoms with van der Waals surface area (Å²) >= 11 is 18.3. The lowest BCUT2D eigenvalue weighted by Gasteiger charge is -2.14. The van der Waals surface area contributed by atoms with E-state index >= 15 is 0 Å². The standard InChI is InChI=1S/C15H17Cl3N2/c1-10-14(15(18)20(2)19-10)8-12(9-16)7-11-3-5-13(17)6-4-11/h3-6,12H,7-9H2,1-2H3. The van der Waals surface area contributed by atoms with Crippen LogP contribution in [0, 0.1) is 12.8 Å². The third-order valence-electron chi connectivity index (χ3n) is 3.42. The number of hydrogen-bond donors (Lipinski definition) is 0. The maximum atomic E-state index is 6.28. The molecule has 1 unspecified atom stereocenters. The Morgan fingerprint density at radius 1 is 1.15 bits per heavy atom. The largest absolute Gasteiger partial charge is 0.257 e. The number of benzene rings is 1. The average Bonchev–Trinajstić information content (AvgIpc) is 2.66. The molecule has 108 valence electrons. The predicted molar refractivity (Wildman–Crippen MR) is 86.0 cm³/mol. The molecular weight excluding hydrogens is 315 g/mol. The Kier molecular flexibility index (Phi) is 5.36. The lowest BCUT2D eigenvalue weighted by atomic mass is 9.94. The Labute approximate surface area is 134 Å². The highest BCUT2D eigenvalue weighted by atomic mass is 35.5. The highest BCUT2D eigenvalue weighted by Crippen LogP contribution is 2.25. The normalized spacial score (nSPS) is 12.7. The van der Waals surface area contributed by atoms with Crippen LogP contribution < -0.4 is 0 Å². The molecular formula is C15H17Cl3N2. The fourth-order valence-corrected chi connectivity index (χ4v) is 2.93. The van der Waals surface area contributed by atoms with Gasteiger partial charge in [-0.1, -0.05) is 35.3 Å². The highest BCUT2D eigenvalue weighted by molar-refractivity contribution is 6.30. The molecule has 0 radical (unpaired) electrons. The van der Waals surface area contributed by atoms with Crippen molar-refractivity contribution >= 4 is 34.8 Å². The van der Waals surface area contributed by atoms with Crippen LogP contribution in [0.1, 0.15) is 16.8 Å². The van der Waals surface area contributed by atoms with E-state index in [1.54, 1.807) is 4.68 Å². The minimum Gasteiger partial charge on any atom is -0.257 e. The summed E-state index contributed by atoms with van der Waals surface area (Å²) in [5.74, 6) is 0.922. The SMILES string of the molecule is Cc1nn(C)c(Cl)c1CC(CCl)Cc1ccc(Cl)cc1. The molecule has 5 heteroatoms. The first kappa shape index (κ1) is 15.7. The van der Waals surface area contributed by atoms with Gasteiger partial charge in [0.2, 0.25) is 0 Å². The van der Waals surface area contributed by atoms with Crippen LogP contribution in [0.15, 0.2) is 24.3 Å². The molecule has 0 aliphatic carbocycles. The molecule has 1 aromatic heterocycles. The van der Waals surface area contributed by atoms with Crippen molar-refractivity contribution in [1.82, 2.24) is 9.78 Å². The monoisotopic (exact) mass is 330 g/mol. The molecule has 0 spiro atoms. The zero-order chi connectivity index (χ0) is 14.7. The molecule has 2 rings (SSSR count). The zero-order valence-corrected chi connectivity index (χ0v) is 13.8. The summed E-state index contributed by atoms with van der Waals surface area (Å²) in [5, 5.41) is 5.80. The Balaban J connectivity index is 2.11. The highest BCUT2D eigenvalue weighted by Gasteiger charge is 2.17. The molecule has 20 heavy (non-hydrogen) atoms. The summed E-state index contributed by atoms with van der Waals surface area (Å²) in [6.07, 6.45) is 1.75. The molecule has 1 aromatic carbocycles. The second-order valence-electron chi connectivity index (χ2n) is 5.03. The number of aryl methyl sites for hydroxylation is 2. The summed E-state index contributed by atoms with van der Waals surface area (Å²) in [6.45, 7) is 1.98. The van der Waals surface area contributed by atoms with Gasteiger partial charge < -0.3 is 0 Å². The number of alkyl halides is 1. The number of halogens is 3. The van der Waals surface area contributed by atoms with Crippen molar-refractivity contribution in [2.75, 3.05) is 5.88 Å². The lowest BCUT2D eigenvalue weighted by Crippen LogP contribution is -2.11. The molecule has 0 saturated heterocycles. The van der Waals surface area contributed by atoms with E-state index in [4.69, 9.17) is 34.8 Å². The molecule has 0 N–H and O–H groups in total. The van der Waals surface area contributed by atoms with E-state index in [0.717, 1.165) is 29.1 Å². The summed E-state index contributed by atoms with van der Waals surface area (Å²) in [5.41, 5.74) is 3.30. The van der Waals surface area contributed by atoms with Crippen molar-refractivity contribution in [3.05, 3.63) is 51.3 Å². The van der Waals surface area contributed by atoms with Crippen molar-refractivity contribution < 1.29 is 0 Å². The van der Waals surface area contributed by atoms with E-state index in [0.29, 0.717) is 17.0 Å². The third-order valence-corrected chi connectivity index (χ3v) is 4.58. The van der Waals surface area contributed by atoms with Gasteiger partial charge in [-0.2, -0.15) is 5.10 Å². The smallest absolute Gasteiger partial charge is 0.130 e. The minimum absolute atomic E-state index is 0.332. The first-order valence-electron chi connectivity index (χ1n) is 6.49. The van der Waals surface area contributed by atoms with Gasteiger partial charge in [-0.05, 0) is 43.4 Å². The quantitative estimate of drug-likeness (QED) is 0.728. The second kappa shape index (κ2) is 6.84. The molecule has 0 fully saturated rings. The van der Waals surface area contributed by atoms with Gasteiger partial charge in [0.15, 0.2) is 0 Å². The van der Waals surface area contributed by atoms with Crippen molar-refractivity contribution in [3.8, 4) is 0 Å². The Hall–Kier alpha value is -0.700. The summed E-state index contributed by atoms with van der Waals surface area (Å²) < 4.78 is 1.71. The Morgan fingerprint density at radius 2 is 1.80 bits per heavy atom. The molecule has 0 saturated carbocycles. The van der Waals surface area contributed by atoms with E-state index in [2.05, 4.69) is 5.10 Å². The van der Waals surface area contributed by atoms with Crippen LogP contribution in [0.3, 0.4) is 0 Å². The minimum atomic E-state index is 0.332. The predicted octanol–water partition coefficient (Wildman–Crippen LogP) is 4.68. The van der Waals surface area contributed by atoms with Gasteiger partial charge in [0.05, 0.1) is 5.69 Å². The van der Waals surface area contributed by atoms with Crippen LogP contribution >= 0.6 is 34.8 Å². The Morgan fingerprint density at radius 3 is 2.30 bits per heavy atom. The zero-order valence-electron chi connectivity index (χ0n) is 11.5. The van der Waals surface area contributed by atoms with Crippen LogP contribution in [0.2, 0.25) is 10.2 Å². The third kappa shape index (κ3) is 3.69. The van der Waals surface area contributed by atoms with Crippen LogP contribution in [0.25, 0.3) is 0 Å². The fourth-order valence-electron chi connectivity index (χ4n) is 2.33. The Bertz CT molecular complexity index is 576. The molecule has 1 atom stereocenters. The van der Waals surface area contributed by atoms with Gasteiger partial charge in [-0.25, -0.2) is 0 Å². The molecule has 2 aromatic rings. The number of nitrogens with zero attached hydrogens (tertiary/aromatic N) is 2. The molecule has 0 bridgehead atoms. The van der Waals surface area contributed by atoms with E-state index in [1.807, 2.05) is 38.2 Å². The summed E-state index contributed by atoms with van der Waals surface area (Å²) in [7, 11) is 1.85. The van der Waals surface area contributed by atoms with E-state index in [9.17, 15) is 0 Å². The maximum absolute atomic E-state index is 6.28. The lowest BCUT2D eigenvalue weighted by molar-refractivity contribution is 0.582. The summed E-state index contributed by atoms with van der Waals surface area (Å²) in [6, 6.07) is 7.90. The first-order chi connectivity index (χ1) is 9.51. The van der Waals surface area contributed by atoms with Gasteiger partial charge in [0.25, 0.3) is 0 Å². The topological polar surface area (TPSA) is 17.8 Å². The van der Waals surface area contributed by atoms with Crippen LogP contribution in [0.4, 0.5) is 0 Å². The van der Waals surface area contributed by atoms with Crippen molar-refractivity contribution in [3.63, 3.8) is 0 Å². The maximum Gasteiger partial charge on any atom is 0.130 e. The van der Waals surface area contributed by atoms with E-state index in [1.165, 1.54) is 5.56 Å². The first-order valence-corrected chi connectivity index (χ1v) is 7.78. The van der Waals surface area contributed by atoms with Crippen LogP contribution in [-0.2, 0) is 19.9 Å². The van der Waals surface area contributed by atoms with Crippen LogP contribution in [-0.4, -0.2) is 15.7 Å². The molecule has 0 amide bonds. The fraction of sp³-hybridized carbons (Fsp3) is 0.400. The summed E-state index contributed by atoms with van der Waals surface area (Å²) in [4.78, 5) is 0. The number of rotatable bonds is 5. The molecule has 1 heterocycles. The molecule has 0 aliphatic rings. The molecule has 0 aliphatic heterocycles. The number of hydrogen-bond acceptors (Lipinski definition) is 1. The van der Waals surface area contributed by atoms with E-state index < -0.39 is 0 Å². The second-order valence-corrected chi connectivity index (χ2v) is 6.14. The van der Waals surface area contributed by atoms with Crippen molar-refractivity contribution in [2.24, 2.45) is 13.0 Å². The number of aromatic nitrogens is 2. The van der Waals surface area contributed by atoms with Gasteiger partial charge >= 0.3 is 0 Å². The van der Waals surface area contributed by atoms with Crippen LogP contribution in [0.5, 0.6) is 0 Å². The van der Waals surface area contributed by atoms with Gasteiger partial charge in [-0.3, -0.25) is 4.68 Å².